The van der Waals surface area contributed by atoms with Crippen LogP contribution in [0.3, 0.4) is 0 Å². The monoisotopic (exact) mass is 247 g/mol. The minimum Gasteiger partial charge on any atom is -0.287 e. The summed E-state index contributed by atoms with van der Waals surface area (Å²) in [7, 11) is 0. The van der Waals surface area contributed by atoms with Crippen LogP contribution in [-0.2, 0) is 0 Å². The standard InChI is InChI=1S/C14H11F2NO/c1-8-5-6-10(12(16)11(8)15)14(18)13-9(2)4-3-7-17-13/h3-7H,1-2H3. The molecule has 0 amide bonds. The molecule has 2 aromatic rings. The second-order valence-corrected chi connectivity index (χ2v) is 4.06. The van der Waals surface area contributed by atoms with E-state index in [-0.39, 0.29) is 16.8 Å². The molecule has 0 radical (unpaired) electrons. The van der Waals surface area contributed by atoms with E-state index >= 15 is 0 Å². The summed E-state index contributed by atoms with van der Waals surface area (Å²) >= 11 is 0. The van der Waals surface area contributed by atoms with E-state index in [2.05, 4.69) is 4.98 Å². The van der Waals surface area contributed by atoms with Gasteiger partial charge >= 0.3 is 0 Å². The zero-order chi connectivity index (χ0) is 13.3. The van der Waals surface area contributed by atoms with Gasteiger partial charge in [-0.05, 0) is 37.1 Å². The van der Waals surface area contributed by atoms with Crippen molar-refractivity contribution < 1.29 is 13.6 Å². The van der Waals surface area contributed by atoms with Crippen molar-refractivity contribution in [3.05, 3.63) is 64.5 Å². The first-order chi connectivity index (χ1) is 8.52. The van der Waals surface area contributed by atoms with Crippen molar-refractivity contribution in [3.8, 4) is 0 Å². The number of pyridine rings is 1. The number of aromatic nitrogens is 1. The van der Waals surface area contributed by atoms with E-state index in [4.69, 9.17) is 0 Å². The molecule has 0 atom stereocenters. The Balaban J connectivity index is 2.54. The lowest BCUT2D eigenvalue weighted by Crippen LogP contribution is -2.10. The largest absolute Gasteiger partial charge is 0.287 e. The Labute approximate surface area is 103 Å². The Kier molecular flexibility index (Phi) is 3.19. The van der Waals surface area contributed by atoms with E-state index in [1.54, 1.807) is 19.1 Å². The molecular formula is C14H11F2NO. The smallest absolute Gasteiger partial charge is 0.214 e. The fraction of sp³-hybridized carbons (Fsp3) is 0.143. The van der Waals surface area contributed by atoms with Crippen molar-refractivity contribution in [2.24, 2.45) is 0 Å². The second kappa shape index (κ2) is 4.64. The first-order valence-corrected chi connectivity index (χ1v) is 5.43. The number of carbonyl (C=O) groups is 1. The number of benzene rings is 1. The molecule has 92 valence electrons. The van der Waals surface area contributed by atoms with Crippen LogP contribution in [0.25, 0.3) is 0 Å². The predicted octanol–water partition coefficient (Wildman–Crippen LogP) is 3.21. The predicted molar refractivity (Wildman–Crippen MR) is 63.5 cm³/mol. The quantitative estimate of drug-likeness (QED) is 0.763. The van der Waals surface area contributed by atoms with Crippen LogP contribution >= 0.6 is 0 Å². The summed E-state index contributed by atoms with van der Waals surface area (Å²) in [6.45, 7) is 3.14. The zero-order valence-electron chi connectivity index (χ0n) is 10.00. The Morgan fingerprint density at radius 3 is 2.44 bits per heavy atom. The van der Waals surface area contributed by atoms with Crippen molar-refractivity contribution in [2.45, 2.75) is 13.8 Å². The van der Waals surface area contributed by atoms with E-state index in [0.29, 0.717) is 5.56 Å². The number of halogens is 2. The number of nitrogens with zero attached hydrogens (tertiary/aromatic N) is 1. The minimum absolute atomic E-state index is 0.139. The van der Waals surface area contributed by atoms with Gasteiger partial charge in [-0.3, -0.25) is 9.78 Å². The third-order valence-corrected chi connectivity index (χ3v) is 2.74. The molecule has 0 aliphatic carbocycles. The van der Waals surface area contributed by atoms with Gasteiger partial charge in [0.15, 0.2) is 11.6 Å². The summed E-state index contributed by atoms with van der Waals surface area (Å²) in [5.41, 5.74) is 0.643. The normalized spacial score (nSPS) is 10.4. The van der Waals surface area contributed by atoms with Crippen molar-refractivity contribution in [1.29, 1.82) is 0 Å². The lowest BCUT2D eigenvalue weighted by molar-refractivity contribution is 0.102. The van der Waals surface area contributed by atoms with Gasteiger partial charge < -0.3 is 0 Å². The first-order valence-electron chi connectivity index (χ1n) is 5.43. The third kappa shape index (κ3) is 2.01. The molecule has 2 rings (SSSR count). The second-order valence-electron chi connectivity index (χ2n) is 4.06. The van der Waals surface area contributed by atoms with E-state index < -0.39 is 17.4 Å². The minimum atomic E-state index is -1.12. The topological polar surface area (TPSA) is 30.0 Å². The number of ketones is 1. The fourth-order valence-corrected chi connectivity index (χ4v) is 1.67. The van der Waals surface area contributed by atoms with Gasteiger partial charge in [-0.1, -0.05) is 12.1 Å². The maximum Gasteiger partial charge on any atom is 0.214 e. The van der Waals surface area contributed by atoms with Crippen molar-refractivity contribution in [1.82, 2.24) is 4.98 Å². The van der Waals surface area contributed by atoms with Gasteiger partial charge in [-0.15, -0.1) is 0 Å². The fourth-order valence-electron chi connectivity index (χ4n) is 1.67. The van der Waals surface area contributed by atoms with Crippen LogP contribution in [0, 0.1) is 25.5 Å². The molecule has 0 saturated heterocycles. The van der Waals surface area contributed by atoms with Gasteiger partial charge in [0.2, 0.25) is 5.78 Å². The highest BCUT2D eigenvalue weighted by atomic mass is 19.2. The van der Waals surface area contributed by atoms with E-state index in [1.165, 1.54) is 25.3 Å². The summed E-state index contributed by atoms with van der Waals surface area (Å²) in [4.78, 5) is 16.0. The Hall–Kier alpha value is -2.10. The Morgan fingerprint density at radius 1 is 1.06 bits per heavy atom. The molecule has 1 heterocycles. The lowest BCUT2D eigenvalue weighted by atomic mass is 10.0. The van der Waals surface area contributed by atoms with Crippen molar-refractivity contribution in [2.75, 3.05) is 0 Å². The zero-order valence-corrected chi connectivity index (χ0v) is 10.00. The molecule has 0 spiro atoms. The van der Waals surface area contributed by atoms with Crippen LogP contribution in [0.1, 0.15) is 27.2 Å². The van der Waals surface area contributed by atoms with Crippen LogP contribution in [0.2, 0.25) is 0 Å². The highest BCUT2D eigenvalue weighted by Crippen LogP contribution is 2.19. The number of aryl methyl sites for hydroxylation is 2. The molecule has 2 nitrogen and oxygen atoms in total. The number of rotatable bonds is 2. The van der Waals surface area contributed by atoms with E-state index in [9.17, 15) is 13.6 Å². The van der Waals surface area contributed by atoms with Gasteiger partial charge in [0.05, 0.1) is 5.56 Å². The van der Waals surface area contributed by atoms with Crippen LogP contribution < -0.4 is 0 Å². The average molecular weight is 247 g/mol. The maximum absolute atomic E-state index is 13.7. The van der Waals surface area contributed by atoms with Crippen LogP contribution in [-0.4, -0.2) is 10.8 Å². The molecule has 0 bridgehead atoms. The maximum atomic E-state index is 13.7. The molecule has 0 unspecified atom stereocenters. The van der Waals surface area contributed by atoms with Gasteiger partial charge in [0, 0.05) is 6.20 Å². The highest BCUT2D eigenvalue weighted by molar-refractivity contribution is 6.08. The highest BCUT2D eigenvalue weighted by Gasteiger charge is 2.20. The van der Waals surface area contributed by atoms with Crippen molar-refractivity contribution in [3.63, 3.8) is 0 Å². The number of carbonyl (C=O) groups excluding carboxylic acids is 1. The Morgan fingerprint density at radius 2 is 1.78 bits per heavy atom. The van der Waals surface area contributed by atoms with Gasteiger partial charge in [0.1, 0.15) is 5.69 Å². The molecule has 1 aromatic heterocycles. The first kappa shape index (κ1) is 12.4. The molecule has 18 heavy (non-hydrogen) atoms. The SMILES string of the molecule is Cc1cccnc1C(=O)c1ccc(C)c(F)c1F. The molecule has 0 N–H and O–H groups in total. The van der Waals surface area contributed by atoms with E-state index in [0.717, 1.165) is 0 Å². The van der Waals surface area contributed by atoms with E-state index in [1.807, 2.05) is 0 Å². The molecule has 0 saturated carbocycles. The molecule has 0 fully saturated rings. The molecule has 4 heteroatoms. The van der Waals surface area contributed by atoms with Crippen LogP contribution in [0.4, 0.5) is 8.78 Å². The van der Waals surface area contributed by atoms with Crippen molar-refractivity contribution >= 4 is 5.78 Å². The summed E-state index contributed by atoms with van der Waals surface area (Å²) in [6, 6.07) is 6.04. The van der Waals surface area contributed by atoms with Crippen LogP contribution in [0.15, 0.2) is 30.5 Å². The number of hydrogen-bond donors (Lipinski definition) is 0. The van der Waals surface area contributed by atoms with Gasteiger partial charge in [-0.2, -0.15) is 0 Å². The molecule has 1 aromatic carbocycles. The summed E-state index contributed by atoms with van der Waals surface area (Å²) in [6.07, 6.45) is 1.45. The summed E-state index contributed by atoms with van der Waals surface area (Å²) in [5, 5.41) is 0. The van der Waals surface area contributed by atoms with Crippen LogP contribution in [0.5, 0.6) is 0 Å². The summed E-state index contributed by atoms with van der Waals surface area (Å²) < 4.78 is 27.1. The molecular weight excluding hydrogens is 236 g/mol. The molecule has 0 aliphatic heterocycles. The third-order valence-electron chi connectivity index (χ3n) is 2.74. The summed E-state index contributed by atoms with van der Waals surface area (Å²) in [5.74, 6) is -2.72. The number of hydrogen-bond acceptors (Lipinski definition) is 2. The van der Waals surface area contributed by atoms with Gasteiger partial charge in [0.25, 0.3) is 0 Å². The van der Waals surface area contributed by atoms with Gasteiger partial charge in [-0.25, -0.2) is 8.78 Å². The average Bonchev–Trinajstić information content (AvgIpc) is 2.36. The Bertz CT molecular complexity index is 623. The molecule has 0 aliphatic rings. The lowest BCUT2D eigenvalue weighted by Gasteiger charge is -2.06.